The normalized spacial score (nSPS) is 14.9. The number of fused-ring (bicyclic) bond motifs is 1. The van der Waals surface area contributed by atoms with Gasteiger partial charge in [0.25, 0.3) is 11.5 Å². The molecule has 0 bridgehead atoms. The third kappa shape index (κ3) is 5.56. The Morgan fingerprint density at radius 1 is 0.974 bits per heavy atom. The second kappa shape index (κ2) is 11.5. The highest BCUT2D eigenvalue weighted by Gasteiger charge is 2.32. The van der Waals surface area contributed by atoms with Crippen molar-refractivity contribution in [3.05, 3.63) is 121 Å². The fourth-order valence-corrected chi connectivity index (χ4v) is 5.62. The molecule has 3 aromatic carbocycles. The van der Waals surface area contributed by atoms with Crippen LogP contribution in [0.5, 0.6) is 11.5 Å². The number of hydrogen-bond acceptors (Lipinski definition) is 6. The van der Waals surface area contributed by atoms with E-state index < -0.39 is 6.04 Å². The van der Waals surface area contributed by atoms with Crippen LogP contribution in [-0.4, -0.2) is 23.7 Å². The van der Waals surface area contributed by atoms with Crippen LogP contribution in [0.2, 0.25) is 0 Å². The lowest BCUT2D eigenvalue weighted by molar-refractivity contribution is -0.113. The monoisotopic (exact) mass is 539 g/mol. The van der Waals surface area contributed by atoms with Gasteiger partial charge < -0.3 is 14.8 Å². The second-order valence-corrected chi connectivity index (χ2v) is 9.92. The summed E-state index contributed by atoms with van der Waals surface area (Å²) in [5.41, 5.74) is 3.07. The number of rotatable bonds is 8. The van der Waals surface area contributed by atoms with Crippen molar-refractivity contribution in [3.8, 4) is 11.5 Å². The quantitative estimate of drug-likeness (QED) is 0.353. The first-order chi connectivity index (χ1) is 19.0. The minimum atomic E-state index is -0.655. The minimum Gasteiger partial charge on any atom is -0.494 e. The Morgan fingerprint density at radius 2 is 1.69 bits per heavy atom. The number of aromatic nitrogens is 1. The molecular weight excluding hydrogens is 510 g/mol. The summed E-state index contributed by atoms with van der Waals surface area (Å²) >= 11 is 1.30. The molecule has 0 fully saturated rings. The van der Waals surface area contributed by atoms with Gasteiger partial charge in [-0.2, -0.15) is 0 Å². The Hall–Kier alpha value is -4.43. The number of anilines is 1. The smallest absolute Gasteiger partial charge is 0.271 e. The molecule has 5 rings (SSSR count). The van der Waals surface area contributed by atoms with Crippen LogP contribution in [0.25, 0.3) is 6.08 Å². The van der Waals surface area contributed by atoms with Crippen LogP contribution < -0.4 is 29.7 Å². The van der Waals surface area contributed by atoms with Gasteiger partial charge >= 0.3 is 0 Å². The maximum atomic E-state index is 13.9. The van der Waals surface area contributed by atoms with E-state index in [0.29, 0.717) is 39.5 Å². The molecule has 0 radical (unpaired) electrons. The maximum Gasteiger partial charge on any atom is 0.271 e. The van der Waals surface area contributed by atoms with Crippen molar-refractivity contribution in [1.82, 2.24) is 4.57 Å². The molecule has 0 saturated heterocycles. The van der Waals surface area contributed by atoms with E-state index in [1.54, 1.807) is 4.57 Å². The number of ether oxygens (including phenoxy) is 2. The molecule has 1 aliphatic heterocycles. The molecule has 0 unspecified atom stereocenters. The first-order valence-electron chi connectivity index (χ1n) is 12.8. The van der Waals surface area contributed by atoms with Gasteiger partial charge in [0.05, 0.1) is 35.1 Å². The Balaban J connectivity index is 1.64. The third-order valence-corrected chi connectivity index (χ3v) is 7.25. The summed E-state index contributed by atoms with van der Waals surface area (Å²) in [6.07, 6.45) is 1.84. The zero-order valence-corrected chi connectivity index (χ0v) is 22.8. The molecule has 1 amide bonds. The zero-order chi connectivity index (χ0) is 27.4. The average Bonchev–Trinajstić information content (AvgIpc) is 3.23. The number of allylic oxidation sites excluding steroid dienone is 1. The van der Waals surface area contributed by atoms with Gasteiger partial charge in [0.2, 0.25) is 0 Å². The van der Waals surface area contributed by atoms with Crippen molar-refractivity contribution in [2.24, 2.45) is 4.99 Å². The van der Waals surface area contributed by atoms with E-state index in [0.717, 1.165) is 22.6 Å². The van der Waals surface area contributed by atoms with Gasteiger partial charge in [0.15, 0.2) is 4.80 Å². The summed E-state index contributed by atoms with van der Waals surface area (Å²) in [5.74, 6) is 1.15. The number of thiazole rings is 1. The molecule has 1 aromatic heterocycles. The molecule has 1 aliphatic rings. The Labute approximate surface area is 230 Å². The SMILES string of the molecule is CCOc1ccc([C@H]2C(C(=O)Nc3ccccc3)=C(C)N=c3s/c(=C\c4cccc(OCC)c4)c(=O)n32)cc1. The predicted molar refractivity (Wildman–Crippen MR) is 154 cm³/mol. The van der Waals surface area contributed by atoms with Crippen molar-refractivity contribution in [1.29, 1.82) is 0 Å². The number of carbonyl (C=O) groups is 1. The van der Waals surface area contributed by atoms with E-state index >= 15 is 0 Å². The summed E-state index contributed by atoms with van der Waals surface area (Å²) in [6.45, 7) is 6.77. The van der Waals surface area contributed by atoms with Crippen LogP contribution in [0.15, 0.2) is 99.9 Å². The summed E-state index contributed by atoms with van der Waals surface area (Å²) in [6, 6.07) is 23.7. The van der Waals surface area contributed by atoms with Crippen molar-refractivity contribution in [2.75, 3.05) is 18.5 Å². The highest BCUT2D eigenvalue weighted by molar-refractivity contribution is 7.07. The summed E-state index contributed by atoms with van der Waals surface area (Å²) in [7, 11) is 0. The van der Waals surface area contributed by atoms with Gasteiger partial charge in [0.1, 0.15) is 11.5 Å². The van der Waals surface area contributed by atoms with Crippen molar-refractivity contribution in [2.45, 2.75) is 26.8 Å². The van der Waals surface area contributed by atoms with E-state index in [2.05, 4.69) is 5.32 Å². The van der Waals surface area contributed by atoms with Gasteiger partial charge in [-0.25, -0.2) is 4.99 Å². The molecular formula is C31H29N3O4S. The summed E-state index contributed by atoms with van der Waals surface area (Å²) < 4.78 is 13.4. The Bertz CT molecular complexity index is 1700. The number of nitrogens with one attached hydrogen (secondary N) is 1. The number of amides is 1. The molecule has 7 nitrogen and oxygen atoms in total. The first kappa shape index (κ1) is 26.2. The number of carbonyl (C=O) groups excluding carboxylic acids is 1. The third-order valence-electron chi connectivity index (χ3n) is 6.27. The van der Waals surface area contributed by atoms with Crippen LogP contribution in [0.1, 0.15) is 37.9 Å². The van der Waals surface area contributed by atoms with Crippen LogP contribution in [-0.2, 0) is 4.79 Å². The molecule has 0 saturated carbocycles. The van der Waals surface area contributed by atoms with E-state index in [4.69, 9.17) is 14.5 Å². The van der Waals surface area contributed by atoms with Gasteiger partial charge in [-0.1, -0.05) is 53.8 Å². The fourth-order valence-electron chi connectivity index (χ4n) is 4.57. The highest BCUT2D eigenvalue weighted by atomic mass is 32.1. The second-order valence-electron chi connectivity index (χ2n) is 8.91. The van der Waals surface area contributed by atoms with E-state index in [1.807, 2.05) is 106 Å². The number of benzene rings is 3. The maximum absolute atomic E-state index is 13.9. The fraction of sp³-hybridized carbons (Fsp3) is 0.194. The molecule has 0 spiro atoms. The Kier molecular flexibility index (Phi) is 7.74. The number of para-hydroxylation sites is 1. The summed E-state index contributed by atoms with van der Waals surface area (Å²) in [5, 5.41) is 2.97. The highest BCUT2D eigenvalue weighted by Crippen LogP contribution is 2.31. The molecule has 8 heteroatoms. The van der Waals surface area contributed by atoms with E-state index in [-0.39, 0.29) is 11.5 Å². The molecule has 0 aliphatic carbocycles. The lowest BCUT2D eigenvalue weighted by atomic mass is 9.95. The number of hydrogen-bond donors (Lipinski definition) is 1. The van der Waals surface area contributed by atoms with Gasteiger partial charge in [-0.05, 0) is 74.4 Å². The predicted octanol–water partition coefficient (Wildman–Crippen LogP) is 4.67. The van der Waals surface area contributed by atoms with Gasteiger partial charge in [0, 0.05) is 5.69 Å². The lowest BCUT2D eigenvalue weighted by Crippen LogP contribution is -2.40. The van der Waals surface area contributed by atoms with Gasteiger partial charge in [-0.15, -0.1) is 0 Å². The largest absolute Gasteiger partial charge is 0.494 e. The molecule has 39 heavy (non-hydrogen) atoms. The number of nitrogens with zero attached hydrogens (tertiary/aromatic N) is 2. The molecule has 4 aromatic rings. The minimum absolute atomic E-state index is 0.211. The standard InChI is InChI=1S/C31H29N3O4S/c1-4-37-24-16-14-22(15-17-24)28-27(29(35)33-23-11-7-6-8-12-23)20(3)32-31-34(28)30(36)26(39-31)19-21-10-9-13-25(18-21)38-5-2/h6-19,28H,4-5H2,1-3H3,(H,33,35)/b26-19-/t28-/m0/s1. The molecule has 2 heterocycles. The van der Waals surface area contributed by atoms with Crippen LogP contribution in [0.4, 0.5) is 5.69 Å². The molecule has 1 atom stereocenters. The topological polar surface area (TPSA) is 81.9 Å². The molecule has 198 valence electrons. The van der Waals surface area contributed by atoms with Crippen LogP contribution >= 0.6 is 11.3 Å². The molecule has 1 N–H and O–H groups in total. The van der Waals surface area contributed by atoms with Crippen molar-refractivity contribution in [3.63, 3.8) is 0 Å². The van der Waals surface area contributed by atoms with E-state index in [1.165, 1.54) is 11.3 Å². The van der Waals surface area contributed by atoms with Crippen molar-refractivity contribution >= 4 is 29.0 Å². The van der Waals surface area contributed by atoms with Crippen LogP contribution in [0.3, 0.4) is 0 Å². The van der Waals surface area contributed by atoms with Crippen LogP contribution in [0, 0.1) is 0 Å². The first-order valence-corrected chi connectivity index (χ1v) is 13.6. The summed E-state index contributed by atoms with van der Waals surface area (Å²) in [4.78, 5) is 32.8. The van der Waals surface area contributed by atoms with Crippen molar-refractivity contribution < 1.29 is 14.3 Å². The zero-order valence-electron chi connectivity index (χ0n) is 22.0. The lowest BCUT2D eigenvalue weighted by Gasteiger charge is -2.25. The Morgan fingerprint density at radius 3 is 2.41 bits per heavy atom. The van der Waals surface area contributed by atoms with Gasteiger partial charge in [-0.3, -0.25) is 14.2 Å². The van der Waals surface area contributed by atoms with E-state index in [9.17, 15) is 9.59 Å². The average molecular weight is 540 g/mol.